The van der Waals surface area contributed by atoms with Crippen molar-refractivity contribution in [3.63, 3.8) is 0 Å². The van der Waals surface area contributed by atoms with Gasteiger partial charge in [-0.1, -0.05) is 12.1 Å². The van der Waals surface area contributed by atoms with E-state index in [-0.39, 0.29) is 5.92 Å². The van der Waals surface area contributed by atoms with E-state index < -0.39 is 11.7 Å². The quantitative estimate of drug-likeness (QED) is 0.915. The Morgan fingerprint density at radius 1 is 1.30 bits per heavy atom. The maximum absolute atomic E-state index is 12.6. The Kier molecular flexibility index (Phi) is 4.70. The molecule has 1 aromatic rings. The number of hydrogen-bond acceptors (Lipinski definition) is 2. The van der Waals surface area contributed by atoms with Crippen LogP contribution in [0.1, 0.15) is 23.5 Å². The van der Waals surface area contributed by atoms with Gasteiger partial charge in [-0.2, -0.15) is 13.2 Å². The molecule has 2 atom stereocenters. The zero-order chi connectivity index (χ0) is 14.8. The van der Waals surface area contributed by atoms with Crippen molar-refractivity contribution >= 4 is 0 Å². The average Bonchev–Trinajstić information content (AvgIpc) is 2.81. The third kappa shape index (κ3) is 3.52. The number of alkyl halides is 3. The van der Waals surface area contributed by atoms with Gasteiger partial charge in [-0.05, 0) is 50.7 Å². The Labute approximate surface area is 118 Å². The summed E-state index contributed by atoms with van der Waals surface area (Å²) >= 11 is 0. The fraction of sp³-hybridized carbons (Fsp3) is 0.600. The number of benzene rings is 1. The summed E-state index contributed by atoms with van der Waals surface area (Å²) in [5, 5.41) is 3.16. The van der Waals surface area contributed by atoms with Crippen molar-refractivity contribution in [3.8, 4) is 0 Å². The van der Waals surface area contributed by atoms with Crippen molar-refractivity contribution in [1.29, 1.82) is 0 Å². The molecule has 0 bridgehead atoms. The predicted molar refractivity (Wildman–Crippen MR) is 73.7 cm³/mol. The third-order valence-electron chi connectivity index (χ3n) is 4.09. The van der Waals surface area contributed by atoms with Crippen molar-refractivity contribution < 1.29 is 13.2 Å². The lowest BCUT2D eigenvalue weighted by molar-refractivity contribution is -0.137. The maximum Gasteiger partial charge on any atom is 0.416 e. The molecule has 1 fully saturated rings. The van der Waals surface area contributed by atoms with Crippen LogP contribution in [-0.2, 0) is 6.18 Å². The summed E-state index contributed by atoms with van der Waals surface area (Å²) in [4.78, 5) is 2.28. The third-order valence-corrected chi connectivity index (χ3v) is 4.09. The van der Waals surface area contributed by atoms with Crippen molar-refractivity contribution in [2.24, 2.45) is 5.92 Å². The molecule has 5 heteroatoms. The normalized spacial score (nSPS) is 22.1. The van der Waals surface area contributed by atoms with E-state index in [2.05, 4.69) is 17.3 Å². The fourth-order valence-corrected chi connectivity index (χ4v) is 2.99. The molecule has 0 aromatic heterocycles. The number of rotatable bonds is 4. The van der Waals surface area contributed by atoms with E-state index >= 15 is 0 Å². The van der Waals surface area contributed by atoms with Gasteiger partial charge in [-0.3, -0.25) is 0 Å². The van der Waals surface area contributed by atoms with E-state index in [4.69, 9.17) is 0 Å². The monoisotopic (exact) mass is 286 g/mol. The smallest absolute Gasteiger partial charge is 0.319 e. The molecule has 2 unspecified atom stereocenters. The second-order valence-corrected chi connectivity index (χ2v) is 5.59. The van der Waals surface area contributed by atoms with Crippen LogP contribution in [0.15, 0.2) is 24.3 Å². The number of nitrogens with one attached hydrogen (secondary N) is 1. The summed E-state index contributed by atoms with van der Waals surface area (Å²) in [7, 11) is 3.97. The highest BCUT2D eigenvalue weighted by Gasteiger charge is 2.32. The molecule has 1 N–H and O–H groups in total. The lowest BCUT2D eigenvalue weighted by atomic mass is 9.85. The van der Waals surface area contributed by atoms with Crippen molar-refractivity contribution in [2.45, 2.75) is 18.5 Å². The lowest BCUT2D eigenvalue weighted by Crippen LogP contribution is -2.26. The van der Waals surface area contributed by atoms with Crippen LogP contribution in [0.3, 0.4) is 0 Å². The molecule has 20 heavy (non-hydrogen) atoms. The van der Waals surface area contributed by atoms with Crippen LogP contribution in [0.2, 0.25) is 0 Å². The highest BCUT2D eigenvalue weighted by Crippen LogP contribution is 2.34. The number of likely N-dealkylation sites (tertiary alicyclic amines) is 1. The van der Waals surface area contributed by atoms with Gasteiger partial charge in [0, 0.05) is 19.0 Å². The Hall–Kier alpha value is -1.07. The minimum atomic E-state index is -4.26. The van der Waals surface area contributed by atoms with Gasteiger partial charge in [0.1, 0.15) is 0 Å². The molecule has 1 heterocycles. The van der Waals surface area contributed by atoms with Crippen LogP contribution in [-0.4, -0.2) is 38.6 Å². The molecule has 0 amide bonds. The van der Waals surface area contributed by atoms with Crippen LogP contribution in [0.5, 0.6) is 0 Å². The van der Waals surface area contributed by atoms with E-state index in [1.165, 1.54) is 12.1 Å². The lowest BCUT2D eigenvalue weighted by Gasteiger charge is -2.24. The Balaban J connectivity index is 2.17. The van der Waals surface area contributed by atoms with Crippen LogP contribution in [0.4, 0.5) is 13.2 Å². The highest BCUT2D eigenvalue weighted by molar-refractivity contribution is 5.28. The Morgan fingerprint density at radius 2 is 1.95 bits per heavy atom. The molecule has 2 rings (SSSR count). The molecule has 2 nitrogen and oxygen atoms in total. The molecule has 1 aromatic carbocycles. The molecule has 0 spiro atoms. The van der Waals surface area contributed by atoms with Crippen molar-refractivity contribution in [1.82, 2.24) is 10.2 Å². The van der Waals surface area contributed by atoms with Gasteiger partial charge in [0.05, 0.1) is 5.56 Å². The first-order valence-electron chi connectivity index (χ1n) is 6.92. The minimum absolute atomic E-state index is 0.271. The zero-order valence-electron chi connectivity index (χ0n) is 11.9. The van der Waals surface area contributed by atoms with Gasteiger partial charge < -0.3 is 10.2 Å². The highest BCUT2D eigenvalue weighted by atomic mass is 19.4. The van der Waals surface area contributed by atoms with Crippen LogP contribution in [0, 0.1) is 5.92 Å². The Bertz CT molecular complexity index is 428. The molecule has 112 valence electrons. The summed E-state index contributed by atoms with van der Waals surface area (Å²) in [5.74, 6) is 0.774. The largest absolute Gasteiger partial charge is 0.416 e. The molecular formula is C15H21F3N2. The second kappa shape index (κ2) is 6.14. The van der Waals surface area contributed by atoms with E-state index in [9.17, 15) is 13.2 Å². The van der Waals surface area contributed by atoms with Gasteiger partial charge in [0.2, 0.25) is 0 Å². The molecule has 0 aliphatic carbocycles. The van der Waals surface area contributed by atoms with E-state index in [1.807, 2.05) is 7.05 Å². The average molecular weight is 286 g/mol. The Morgan fingerprint density at radius 3 is 2.40 bits per heavy atom. The first-order chi connectivity index (χ1) is 9.41. The predicted octanol–water partition coefficient (Wildman–Crippen LogP) is 2.96. The fourth-order valence-electron chi connectivity index (χ4n) is 2.99. The number of nitrogens with zero attached hydrogens (tertiary/aromatic N) is 1. The number of halogens is 3. The summed E-state index contributed by atoms with van der Waals surface area (Å²) < 4.78 is 37.8. The van der Waals surface area contributed by atoms with Gasteiger partial charge in [-0.25, -0.2) is 0 Å². The number of hydrogen-bond donors (Lipinski definition) is 1. The molecule has 0 saturated carbocycles. The molecular weight excluding hydrogens is 265 g/mol. The first-order valence-corrected chi connectivity index (χ1v) is 6.92. The molecule has 1 saturated heterocycles. The van der Waals surface area contributed by atoms with Crippen LogP contribution < -0.4 is 5.32 Å². The van der Waals surface area contributed by atoms with E-state index in [1.54, 1.807) is 12.1 Å². The van der Waals surface area contributed by atoms with Gasteiger partial charge in [0.15, 0.2) is 0 Å². The standard InChI is InChI=1S/C15H21F3N2/c1-19-9-14(12-7-8-20(2)10-12)11-3-5-13(6-4-11)15(16,17)18/h3-6,12,14,19H,7-10H2,1-2H3. The van der Waals surface area contributed by atoms with Gasteiger partial charge in [-0.15, -0.1) is 0 Å². The van der Waals surface area contributed by atoms with Gasteiger partial charge in [0.25, 0.3) is 0 Å². The first kappa shape index (κ1) is 15.3. The van der Waals surface area contributed by atoms with E-state index in [0.29, 0.717) is 5.92 Å². The SMILES string of the molecule is CNCC(c1ccc(C(F)(F)F)cc1)C1CCN(C)C1. The molecule has 0 radical (unpaired) electrons. The number of likely N-dealkylation sites (N-methyl/N-ethyl adjacent to an activating group) is 1. The molecule has 1 aliphatic heterocycles. The summed E-state index contributed by atoms with van der Waals surface area (Å²) in [6.07, 6.45) is -3.16. The van der Waals surface area contributed by atoms with Crippen molar-refractivity contribution in [2.75, 3.05) is 33.7 Å². The maximum atomic E-state index is 12.6. The topological polar surface area (TPSA) is 15.3 Å². The van der Waals surface area contributed by atoms with E-state index in [0.717, 1.165) is 31.6 Å². The van der Waals surface area contributed by atoms with Gasteiger partial charge >= 0.3 is 6.18 Å². The van der Waals surface area contributed by atoms with Crippen LogP contribution in [0.25, 0.3) is 0 Å². The minimum Gasteiger partial charge on any atom is -0.319 e. The summed E-state index contributed by atoms with van der Waals surface area (Å²) in [6, 6.07) is 5.64. The van der Waals surface area contributed by atoms with Crippen LogP contribution >= 0.6 is 0 Å². The summed E-state index contributed by atoms with van der Waals surface area (Å²) in [6.45, 7) is 2.86. The molecule has 1 aliphatic rings. The second-order valence-electron chi connectivity index (χ2n) is 5.59. The van der Waals surface area contributed by atoms with Crippen molar-refractivity contribution in [3.05, 3.63) is 35.4 Å². The summed E-state index contributed by atoms with van der Waals surface area (Å²) in [5.41, 5.74) is 0.417. The zero-order valence-corrected chi connectivity index (χ0v) is 11.9.